The van der Waals surface area contributed by atoms with Gasteiger partial charge < -0.3 is 25.2 Å². The van der Waals surface area contributed by atoms with E-state index in [-0.39, 0.29) is 18.2 Å². The van der Waals surface area contributed by atoms with Crippen LogP contribution in [0.3, 0.4) is 0 Å². The summed E-state index contributed by atoms with van der Waals surface area (Å²) in [6, 6.07) is 16.6. The van der Waals surface area contributed by atoms with Crippen LogP contribution in [0.25, 0.3) is 0 Å². The molecule has 1 aromatic heterocycles. The lowest BCUT2D eigenvalue weighted by molar-refractivity contribution is -0.122. The molecule has 1 aliphatic heterocycles. The highest BCUT2D eigenvalue weighted by Gasteiger charge is 2.35. The van der Waals surface area contributed by atoms with Crippen LogP contribution in [0, 0.1) is 12.8 Å². The quantitative estimate of drug-likeness (QED) is 0.461. The van der Waals surface area contributed by atoms with E-state index in [1.807, 2.05) is 49.4 Å². The maximum absolute atomic E-state index is 12.9. The molecule has 1 fully saturated rings. The van der Waals surface area contributed by atoms with Gasteiger partial charge in [-0.05, 0) is 69.3 Å². The van der Waals surface area contributed by atoms with Crippen LogP contribution in [0.4, 0.5) is 28.7 Å². The average Bonchev–Trinajstić information content (AvgIpc) is 3.27. The summed E-state index contributed by atoms with van der Waals surface area (Å²) in [7, 11) is 1.60. The van der Waals surface area contributed by atoms with Gasteiger partial charge in [0, 0.05) is 49.2 Å². The number of carbonyl (C=O) groups is 2. The van der Waals surface area contributed by atoms with E-state index < -0.39 is 5.92 Å². The van der Waals surface area contributed by atoms with Crippen molar-refractivity contribution in [2.45, 2.75) is 27.2 Å². The molecule has 1 unspecified atom stereocenters. The van der Waals surface area contributed by atoms with Crippen molar-refractivity contribution in [1.82, 2.24) is 9.97 Å². The number of aryl methyl sites for hydroxylation is 1. The molecule has 0 bridgehead atoms. The Bertz CT molecular complexity index is 1210. The van der Waals surface area contributed by atoms with Gasteiger partial charge in [-0.25, -0.2) is 9.97 Å². The van der Waals surface area contributed by atoms with Crippen LogP contribution in [0.5, 0.6) is 5.75 Å². The second kappa shape index (κ2) is 11.1. The van der Waals surface area contributed by atoms with Crippen molar-refractivity contribution >= 4 is 40.5 Å². The van der Waals surface area contributed by atoms with E-state index in [2.05, 4.69) is 39.3 Å². The van der Waals surface area contributed by atoms with Gasteiger partial charge >= 0.3 is 0 Å². The minimum absolute atomic E-state index is 0.0657. The third-order valence-corrected chi connectivity index (χ3v) is 6.22. The number of nitrogens with zero attached hydrogens (tertiary/aromatic N) is 4. The van der Waals surface area contributed by atoms with Crippen molar-refractivity contribution in [3.05, 3.63) is 60.4 Å². The average molecular weight is 489 g/mol. The molecule has 2 heterocycles. The molecular weight excluding hydrogens is 456 g/mol. The first-order chi connectivity index (χ1) is 17.4. The summed E-state index contributed by atoms with van der Waals surface area (Å²) in [5.41, 5.74) is 2.28. The van der Waals surface area contributed by atoms with Gasteiger partial charge in [0.25, 0.3) is 0 Å². The molecule has 36 heavy (non-hydrogen) atoms. The number of hydrogen-bond donors (Lipinski definition) is 2. The molecule has 2 N–H and O–H groups in total. The molecule has 2 amide bonds. The first kappa shape index (κ1) is 25.0. The second-order valence-corrected chi connectivity index (χ2v) is 8.63. The lowest BCUT2D eigenvalue weighted by Crippen LogP contribution is -2.28. The van der Waals surface area contributed by atoms with Crippen LogP contribution < -0.4 is 25.2 Å². The number of rotatable bonds is 9. The number of benzene rings is 2. The third kappa shape index (κ3) is 5.73. The van der Waals surface area contributed by atoms with Crippen molar-refractivity contribution in [3.63, 3.8) is 0 Å². The predicted molar refractivity (Wildman–Crippen MR) is 142 cm³/mol. The lowest BCUT2D eigenvalue weighted by Gasteiger charge is -2.20. The number of anilines is 5. The minimum atomic E-state index is -0.417. The number of aromatic nitrogens is 2. The SMILES string of the molecule is CCN(CC)c1cc(Nc2ccc(NC(=O)C3CC(=O)N(c4ccc(OC)cc4)C3)cc2)nc(C)n1. The zero-order valence-corrected chi connectivity index (χ0v) is 21.1. The van der Waals surface area contributed by atoms with Gasteiger partial charge in [-0.1, -0.05) is 0 Å². The molecule has 3 aromatic rings. The van der Waals surface area contributed by atoms with Crippen molar-refractivity contribution in [2.24, 2.45) is 5.92 Å². The van der Waals surface area contributed by atoms with Gasteiger partial charge in [0.2, 0.25) is 11.8 Å². The molecule has 0 saturated carbocycles. The molecule has 2 aromatic carbocycles. The van der Waals surface area contributed by atoms with Gasteiger partial charge in [-0.3, -0.25) is 9.59 Å². The molecular formula is C27H32N6O3. The number of amides is 2. The third-order valence-electron chi connectivity index (χ3n) is 6.22. The van der Waals surface area contributed by atoms with Crippen LogP contribution in [-0.2, 0) is 9.59 Å². The van der Waals surface area contributed by atoms with Gasteiger partial charge in [-0.2, -0.15) is 0 Å². The normalized spacial score (nSPS) is 15.1. The van der Waals surface area contributed by atoms with Gasteiger partial charge in [0.15, 0.2) is 0 Å². The van der Waals surface area contributed by atoms with Crippen LogP contribution >= 0.6 is 0 Å². The summed E-state index contributed by atoms with van der Waals surface area (Å²) in [5, 5.41) is 6.25. The van der Waals surface area contributed by atoms with E-state index in [4.69, 9.17) is 4.74 Å². The Balaban J connectivity index is 1.37. The summed E-state index contributed by atoms with van der Waals surface area (Å²) in [6.07, 6.45) is 0.180. The summed E-state index contributed by atoms with van der Waals surface area (Å²) in [5.74, 6) is 2.36. The number of ether oxygens (including phenoxy) is 1. The first-order valence-corrected chi connectivity index (χ1v) is 12.1. The fourth-order valence-electron chi connectivity index (χ4n) is 4.25. The summed E-state index contributed by atoms with van der Waals surface area (Å²) < 4.78 is 5.17. The van der Waals surface area contributed by atoms with Crippen molar-refractivity contribution in [1.29, 1.82) is 0 Å². The first-order valence-electron chi connectivity index (χ1n) is 12.1. The maximum atomic E-state index is 12.9. The number of hydrogen-bond acceptors (Lipinski definition) is 7. The highest BCUT2D eigenvalue weighted by atomic mass is 16.5. The molecule has 1 saturated heterocycles. The fourth-order valence-corrected chi connectivity index (χ4v) is 4.25. The summed E-state index contributed by atoms with van der Waals surface area (Å²) in [6.45, 7) is 8.15. The van der Waals surface area contributed by atoms with E-state index in [0.29, 0.717) is 23.9 Å². The van der Waals surface area contributed by atoms with E-state index in [1.54, 1.807) is 24.1 Å². The molecule has 188 valence electrons. The summed E-state index contributed by atoms with van der Waals surface area (Å²) in [4.78, 5) is 38.2. The van der Waals surface area contributed by atoms with Crippen LogP contribution in [0.15, 0.2) is 54.6 Å². The van der Waals surface area contributed by atoms with E-state index >= 15 is 0 Å². The maximum Gasteiger partial charge on any atom is 0.229 e. The van der Waals surface area contributed by atoms with Crippen LogP contribution in [0.2, 0.25) is 0 Å². The van der Waals surface area contributed by atoms with Crippen molar-refractivity contribution < 1.29 is 14.3 Å². The smallest absolute Gasteiger partial charge is 0.229 e. The standard InChI is InChI=1S/C27H32N6O3/c1-5-32(6-2)25-16-24(28-18(3)29-25)30-20-7-9-21(10-8-20)31-27(35)19-15-26(34)33(17-19)22-11-13-23(36-4)14-12-22/h7-14,16,19H,5-6,15,17H2,1-4H3,(H,31,35)(H,28,29,30). The molecule has 9 nitrogen and oxygen atoms in total. The van der Waals surface area contributed by atoms with Gasteiger partial charge in [0.05, 0.1) is 13.0 Å². The monoisotopic (exact) mass is 488 g/mol. The largest absolute Gasteiger partial charge is 0.497 e. The molecule has 9 heteroatoms. The van der Waals surface area contributed by atoms with E-state index in [1.165, 1.54) is 0 Å². The summed E-state index contributed by atoms with van der Waals surface area (Å²) >= 11 is 0. The number of methoxy groups -OCH3 is 1. The Labute approximate surface area is 211 Å². The van der Waals surface area contributed by atoms with Gasteiger partial charge in [-0.15, -0.1) is 0 Å². The van der Waals surface area contributed by atoms with Crippen molar-refractivity contribution in [3.8, 4) is 5.75 Å². The van der Waals surface area contributed by atoms with E-state index in [9.17, 15) is 9.59 Å². The fraction of sp³-hybridized carbons (Fsp3) is 0.333. The Morgan fingerprint density at radius 2 is 1.72 bits per heavy atom. The minimum Gasteiger partial charge on any atom is -0.497 e. The van der Waals surface area contributed by atoms with Crippen LogP contribution in [-0.4, -0.2) is 48.5 Å². The van der Waals surface area contributed by atoms with E-state index in [0.717, 1.165) is 36.0 Å². The van der Waals surface area contributed by atoms with Crippen molar-refractivity contribution in [2.75, 3.05) is 47.2 Å². The highest BCUT2D eigenvalue weighted by Crippen LogP contribution is 2.28. The molecule has 1 aliphatic rings. The Hall–Kier alpha value is -4.14. The second-order valence-electron chi connectivity index (χ2n) is 8.63. The molecule has 1 atom stereocenters. The Kier molecular flexibility index (Phi) is 7.68. The predicted octanol–water partition coefficient (Wildman–Crippen LogP) is 4.38. The topological polar surface area (TPSA) is 99.7 Å². The molecule has 4 rings (SSSR count). The molecule has 0 radical (unpaired) electrons. The highest BCUT2D eigenvalue weighted by molar-refractivity contribution is 6.03. The molecule has 0 aliphatic carbocycles. The Morgan fingerprint density at radius 3 is 2.36 bits per heavy atom. The zero-order chi connectivity index (χ0) is 25.7. The lowest BCUT2D eigenvalue weighted by atomic mass is 10.1. The zero-order valence-electron chi connectivity index (χ0n) is 21.1. The number of nitrogens with one attached hydrogen (secondary N) is 2. The number of carbonyl (C=O) groups excluding carboxylic acids is 2. The molecule has 0 spiro atoms. The van der Waals surface area contributed by atoms with Gasteiger partial charge in [0.1, 0.15) is 23.2 Å². The Morgan fingerprint density at radius 1 is 1.06 bits per heavy atom. The van der Waals surface area contributed by atoms with Crippen LogP contribution in [0.1, 0.15) is 26.1 Å².